The summed E-state index contributed by atoms with van der Waals surface area (Å²) in [7, 11) is 0. The molecule has 7 heteroatoms. The molecule has 0 amide bonds. The lowest BCUT2D eigenvalue weighted by molar-refractivity contribution is -0.00568. The molecule has 3 heterocycles. The molecule has 0 saturated carbocycles. The summed E-state index contributed by atoms with van der Waals surface area (Å²) < 4.78 is 7.25. The quantitative estimate of drug-likeness (QED) is 0.929. The molecule has 2 aromatic rings. The second-order valence-electron chi connectivity index (χ2n) is 5.78. The number of nitrogens with zero attached hydrogens (tertiary/aromatic N) is 4. The second kappa shape index (κ2) is 5.31. The molecule has 0 aromatic carbocycles. The Morgan fingerprint density at radius 2 is 2.15 bits per heavy atom. The van der Waals surface area contributed by atoms with Crippen LogP contribution in [0.1, 0.15) is 19.5 Å². The monoisotopic (exact) mass is 295 g/mol. The Morgan fingerprint density at radius 3 is 2.85 bits per heavy atom. The van der Waals surface area contributed by atoms with Crippen LogP contribution in [0.3, 0.4) is 0 Å². The van der Waals surface area contributed by atoms with Crippen molar-refractivity contribution in [3.63, 3.8) is 0 Å². The maximum Gasteiger partial charge on any atom is 0.214 e. The van der Waals surface area contributed by atoms with Gasteiger partial charge in [-0.2, -0.15) is 0 Å². The van der Waals surface area contributed by atoms with Gasteiger partial charge in [-0.25, -0.2) is 9.50 Å². The number of nitrogens with one attached hydrogen (secondary N) is 1. The van der Waals surface area contributed by atoms with Crippen LogP contribution in [0.2, 0.25) is 0 Å². The Morgan fingerprint density at radius 1 is 1.40 bits per heavy atom. The van der Waals surface area contributed by atoms with Gasteiger partial charge in [0.05, 0.1) is 25.1 Å². The van der Waals surface area contributed by atoms with Crippen LogP contribution in [0.15, 0.2) is 6.20 Å². The van der Waals surface area contributed by atoms with Crippen LogP contribution < -0.4 is 5.32 Å². The number of ether oxygens (including phenoxy) is 1. The molecule has 0 aliphatic carbocycles. The van der Waals surface area contributed by atoms with Crippen LogP contribution in [0, 0.1) is 6.92 Å². The third-order valence-electron chi connectivity index (χ3n) is 3.70. The van der Waals surface area contributed by atoms with E-state index >= 15 is 0 Å². The van der Waals surface area contributed by atoms with Crippen LogP contribution >= 0.6 is 11.3 Å². The van der Waals surface area contributed by atoms with Gasteiger partial charge in [0.15, 0.2) is 0 Å². The molecule has 0 spiro atoms. The standard InChI is InChI=1S/C13H21N5OS/c1-10-8-18-12(15-10)20-11(16-18)14-9-13(2,3)17-4-6-19-7-5-17/h8H,4-7,9H2,1-3H3,(H,14,16). The fourth-order valence-electron chi connectivity index (χ4n) is 2.45. The summed E-state index contributed by atoms with van der Waals surface area (Å²) in [6.45, 7) is 11.0. The SMILES string of the molecule is Cc1cn2nc(NCC(C)(C)N3CCOCC3)sc2n1. The highest BCUT2D eigenvalue weighted by atomic mass is 32.1. The third kappa shape index (κ3) is 2.79. The van der Waals surface area contributed by atoms with Gasteiger partial charge in [0, 0.05) is 25.2 Å². The Kier molecular flexibility index (Phi) is 3.66. The number of hydrogen-bond acceptors (Lipinski definition) is 6. The number of morpholine rings is 1. The van der Waals surface area contributed by atoms with Gasteiger partial charge in [-0.1, -0.05) is 11.3 Å². The molecule has 0 unspecified atom stereocenters. The molecule has 1 N–H and O–H groups in total. The Balaban J connectivity index is 1.63. The van der Waals surface area contributed by atoms with E-state index in [-0.39, 0.29) is 5.54 Å². The molecule has 6 nitrogen and oxygen atoms in total. The van der Waals surface area contributed by atoms with E-state index in [9.17, 15) is 0 Å². The number of fused-ring (bicyclic) bond motifs is 1. The number of rotatable bonds is 4. The summed E-state index contributed by atoms with van der Waals surface area (Å²) in [6, 6.07) is 0. The van der Waals surface area contributed by atoms with Gasteiger partial charge < -0.3 is 10.1 Å². The zero-order valence-corrected chi connectivity index (χ0v) is 13.0. The van der Waals surface area contributed by atoms with Crippen molar-refractivity contribution in [1.82, 2.24) is 19.5 Å². The van der Waals surface area contributed by atoms with Crippen molar-refractivity contribution in [3.8, 4) is 0 Å². The lowest BCUT2D eigenvalue weighted by atomic mass is 10.0. The summed E-state index contributed by atoms with van der Waals surface area (Å²) in [4.78, 5) is 7.82. The van der Waals surface area contributed by atoms with Gasteiger partial charge in [-0.3, -0.25) is 4.90 Å². The largest absolute Gasteiger partial charge is 0.379 e. The van der Waals surface area contributed by atoms with E-state index in [1.165, 1.54) is 0 Å². The molecule has 0 atom stereocenters. The average molecular weight is 295 g/mol. The smallest absolute Gasteiger partial charge is 0.214 e. The van der Waals surface area contributed by atoms with E-state index in [1.807, 2.05) is 17.6 Å². The van der Waals surface area contributed by atoms with Crippen molar-refractivity contribution >= 4 is 21.4 Å². The molecular weight excluding hydrogens is 274 g/mol. The normalized spacial score (nSPS) is 17.8. The first-order valence-electron chi connectivity index (χ1n) is 6.94. The molecule has 3 rings (SSSR count). The first-order valence-corrected chi connectivity index (χ1v) is 7.76. The Hall–Kier alpha value is -1.18. The van der Waals surface area contributed by atoms with E-state index < -0.39 is 0 Å². The second-order valence-corrected chi connectivity index (χ2v) is 6.74. The zero-order valence-electron chi connectivity index (χ0n) is 12.2. The summed E-state index contributed by atoms with van der Waals surface area (Å²) in [5, 5.41) is 8.87. The van der Waals surface area contributed by atoms with Crippen LogP contribution in [-0.2, 0) is 4.74 Å². The van der Waals surface area contributed by atoms with Gasteiger partial charge in [-0.15, -0.1) is 5.10 Å². The summed E-state index contributed by atoms with van der Waals surface area (Å²) >= 11 is 1.59. The van der Waals surface area contributed by atoms with Gasteiger partial charge in [0.2, 0.25) is 10.1 Å². The van der Waals surface area contributed by atoms with Gasteiger partial charge in [0.25, 0.3) is 0 Å². The van der Waals surface area contributed by atoms with Crippen molar-refractivity contribution in [2.24, 2.45) is 0 Å². The number of hydrogen-bond donors (Lipinski definition) is 1. The van der Waals surface area contributed by atoms with Crippen molar-refractivity contribution < 1.29 is 4.74 Å². The minimum Gasteiger partial charge on any atom is -0.379 e. The van der Waals surface area contributed by atoms with E-state index in [0.717, 1.165) is 48.6 Å². The molecule has 0 radical (unpaired) electrons. The molecule has 1 fully saturated rings. The van der Waals surface area contributed by atoms with Gasteiger partial charge >= 0.3 is 0 Å². The number of aryl methyl sites for hydroxylation is 1. The van der Waals surface area contributed by atoms with E-state index in [4.69, 9.17) is 4.74 Å². The van der Waals surface area contributed by atoms with E-state index in [2.05, 4.69) is 34.1 Å². The summed E-state index contributed by atoms with van der Waals surface area (Å²) in [6.07, 6.45) is 1.95. The minimum atomic E-state index is 0.0907. The summed E-state index contributed by atoms with van der Waals surface area (Å²) in [5.74, 6) is 0. The van der Waals surface area contributed by atoms with E-state index in [1.54, 1.807) is 11.3 Å². The van der Waals surface area contributed by atoms with Gasteiger partial charge in [-0.05, 0) is 20.8 Å². The number of imidazole rings is 1. The molecule has 1 saturated heterocycles. The highest BCUT2D eigenvalue weighted by Gasteiger charge is 2.28. The molecular formula is C13H21N5OS. The maximum atomic E-state index is 5.41. The van der Waals surface area contributed by atoms with Crippen molar-refractivity contribution in [1.29, 1.82) is 0 Å². The molecule has 1 aliphatic rings. The van der Waals surface area contributed by atoms with Crippen LogP contribution in [0.4, 0.5) is 5.13 Å². The van der Waals surface area contributed by atoms with Crippen molar-refractivity contribution in [2.45, 2.75) is 26.3 Å². The van der Waals surface area contributed by atoms with Crippen LogP contribution in [0.5, 0.6) is 0 Å². The first kappa shape index (κ1) is 13.8. The predicted octanol–water partition coefficient (Wildman–Crippen LogP) is 1.62. The Labute approximate surface area is 122 Å². The fraction of sp³-hybridized carbons (Fsp3) is 0.692. The summed E-state index contributed by atoms with van der Waals surface area (Å²) in [5.41, 5.74) is 1.09. The third-order valence-corrected chi connectivity index (χ3v) is 4.58. The lowest BCUT2D eigenvalue weighted by Gasteiger charge is -2.40. The first-order chi connectivity index (χ1) is 9.54. The van der Waals surface area contributed by atoms with E-state index in [0.29, 0.717) is 0 Å². The lowest BCUT2D eigenvalue weighted by Crippen LogP contribution is -2.53. The average Bonchev–Trinajstić information content (AvgIpc) is 2.94. The van der Waals surface area contributed by atoms with Gasteiger partial charge in [0.1, 0.15) is 0 Å². The predicted molar refractivity (Wildman–Crippen MR) is 80.6 cm³/mol. The highest BCUT2D eigenvalue weighted by Crippen LogP contribution is 2.21. The molecule has 0 bridgehead atoms. The molecule has 1 aliphatic heterocycles. The van der Waals surface area contributed by atoms with Crippen LogP contribution in [0.25, 0.3) is 4.96 Å². The fourth-order valence-corrected chi connectivity index (χ4v) is 3.28. The molecule has 2 aromatic heterocycles. The number of anilines is 1. The highest BCUT2D eigenvalue weighted by molar-refractivity contribution is 7.20. The number of aromatic nitrogens is 3. The Bertz CT molecular complexity index is 553. The van der Waals surface area contributed by atoms with Crippen LogP contribution in [-0.4, -0.2) is 57.9 Å². The van der Waals surface area contributed by atoms with Crippen molar-refractivity contribution in [2.75, 3.05) is 38.2 Å². The molecule has 20 heavy (non-hydrogen) atoms. The molecule has 110 valence electrons. The maximum absolute atomic E-state index is 5.41. The zero-order chi connectivity index (χ0) is 14.2. The van der Waals surface area contributed by atoms with Crippen molar-refractivity contribution in [3.05, 3.63) is 11.9 Å². The minimum absolute atomic E-state index is 0.0907. The topological polar surface area (TPSA) is 54.7 Å².